The molecule has 2 aliphatic rings. The molecule has 2 bridgehead atoms. The van der Waals surface area contributed by atoms with Crippen molar-refractivity contribution in [2.75, 3.05) is 31.6 Å². The van der Waals surface area contributed by atoms with Crippen molar-refractivity contribution >= 4 is 21.6 Å². The lowest BCUT2D eigenvalue weighted by molar-refractivity contribution is 0.254. The first kappa shape index (κ1) is 14.4. The Labute approximate surface area is 130 Å². The minimum atomic E-state index is 0.715. The highest BCUT2D eigenvalue weighted by Gasteiger charge is 2.35. The minimum Gasteiger partial charge on any atom is -0.370 e. The van der Waals surface area contributed by atoms with Crippen molar-refractivity contribution in [3.8, 4) is 0 Å². The third kappa shape index (κ3) is 2.74. The predicted octanol–water partition coefficient (Wildman–Crippen LogP) is 2.62. The first-order valence-corrected chi connectivity index (χ1v) is 8.43. The fourth-order valence-corrected chi connectivity index (χ4v) is 4.07. The first-order chi connectivity index (χ1) is 9.69. The summed E-state index contributed by atoms with van der Waals surface area (Å²) in [6, 6.07) is 8.12. The number of rotatable bonds is 3. The van der Waals surface area contributed by atoms with E-state index in [-0.39, 0.29) is 0 Å². The minimum absolute atomic E-state index is 0.715. The fourth-order valence-electron chi connectivity index (χ4n) is 3.73. The summed E-state index contributed by atoms with van der Waals surface area (Å²) in [6.07, 6.45) is 4.96. The molecule has 0 spiro atoms. The molecule has 1 aromatic rings. The Morgan fingerprint density at radius 1 is 1.25 bits per heavy atom. The highest BCUT2D eigenvalue weighted by Crippen LogP contribution is 2.33. The smallest absolute Gasteiger partial charge is 0.0411 e. The van der Waals surface area contributed by atoms with Crippen molar-refractivity contribution in [3.63, 3.8) is 0 Å². The van der Waals surface area contributed by atoms with Crippen molar-refractivity contribution in [2.24, 2.45) is 5.73 Å². The molecule has 110 valence electrons. The molecule has 2 fully saturated rings. The molecule has 2 atom stereocenters. The third-order valence-corrected chi connectivity index (χ3v) is 5.44. The summed E-state index contributed by atoms with van der Waals surface area (Å²) in [4.78, 5) is 5.18. The molecular weight excluding hydrogens is 314 g/mol. The van der Waals surface area contributed by atoms with Crippen LogP contribution in [-0.4, -0.2) is 43.7 Å². The molecule has 2 N–H and O–H groups in total. The number of halogens is 1. The Morgan fingerprint density at radius 3 is 2.85 bits per heavy atom. The number of hydrogen-bond donors (Lipinski definition) is 1. The normalized spacial score (nSPS) is 26.9. The van der Waals surface area contributed by atoms with E-state index < -0.39 is 0 Å². The number of nitrogens with two attached hydrogens (primary N) is 1. The van der Waals surface area contributed by atoms with E-state index in [2.05, 4.69) is 51.0 Å². The van der Waals surface area contributed by atoms with Crippen molar-refractivity contribution in [3.05, 3.63) is 28.2 Å². The second-order valence-corrected chi connectivity index (χ2v) is 7.01. The summed E-state index contributed by atoms with van der Waals surface area (Å²) < 4.78 is 1.16. The van der Waals surface area contributed by atoms with Crippen LogP contribution in [0, 0.1) is 0 Å². The number of fused-ring (bicyclic) bond motifs is 2. The third-order valence-electron chi connectivity index (χ3n) is 4.95. The van der Waals surface area contributed by atoms with E-state index in [1.54, 1.807) is 0 Å². The quantitative estimate of drug-likeness (QED) is 0.920. The molecule has 0 saturated carbocycles. The molecule has 20 heavy (non-hydrogen) atoms. The zero-order valence-electron chi connectivity index (χ0n) is 12.2. The molecule has 1 aromatic carbocycles. The van der Waals surface area contributed by atoms with Gasteiger partial charge in [0.2, 0.25) is 0 Å². The Bertz CT molecular complexity index is 477. The lowest BCUT2D eigenvalue weighted by atomic mass is 10.0. The van der Waals surface area contributed by atoms with E-state index in [4.69, 9.17) is 5.73 Å². The van der Waals surface area contributed by atoms with Gasteiger partial charge in [-0.1, -0.05) is 22.0 Å². The van der Waals surface area contributed by atoms with E-state index >= 15 is 0 Å². The van der Waals surface area contributed by atoms with E-state index in [0.717, 1.165) is 23.5 Å². The average molecular weight is 338 g/mol. The van der Waals surface area contributed by atoms with Crippen molar-refractivity contribution in [2.45, 2.75) is 37.8 Å². The van der Waals surface area contributed by atoms with Crippen LogP contribution in [0.1, 0.15) is 24.8 Å². The molecule has 2 heterocycles. The fraction of sp³-hybridized carbons (Fsp3) is 0.625. The topological polar surface area (TPSA) is 32.5 Å². The predicted molar refractivity (Wildman–Crippen MR) is 88.3 cm³/mol. The monoisotopic (exact) mass is 337 g/mol. The van der Waals surface area contributed by atoms with Gasteiger partial charge in [0, 0.05) is 35.3 Å². The van der Waals surface area contributed by atoms with Crippen LogP contribution in [0.2, 0.25) is 0 Å². The molecule has 2 saturated heterocycles. The molecule has 2 aliphatic heterocycles. The second kappa shape index (κ2) is 6.04. The van der Waals surface area contributed by atoms with Gasteiger partial charge in [0.25, 0.3) is 0 Å². The van der Waals surface area contributed by atoms with Gasteiger partial charge in [-0.25, -0.2) is 0 Å². The van der Waals surface area contributed by atoms with Crippen LogP contribution < -0.4 is 10.6 Å². The van der Waals surface area contributed by atoms with E-state index in [9.17, 15) is 0 Å². The lowest BCUT2D eigenvalue weighted by Gasteiger charge is -2.29. The summed E-state index contributed by atoms with van der Waals surface area (Å²) in [5.74, 6) is 0. The summed E-state index contributed by atoms with van der Waals surface area (Å²) in [5, 5.41) is 0. The van der Waals surface area contributed by atoms with Gasteiger partial charge in [-0.3, -0.25) is 4.90 Å². The Morgan fingerprint density at radius 2 is 2.05 bits per heavy atom. The molecule has 0 aromatic heterocycles. The molecule has 2 unspecified atom stereocenters. The molecule has 0 amide bonds. The maximum Gasteiger partial charge on any atom is 0.0411 e. The first-order valence-electron chi connectivity index (χ1n) is 7.64. The average Bonchev–Trinajstić information content (AvgIpc) is 2.66. The van der Waals surface area contributed by atoms with Gasteiger partial charge in [0.05, 0.1) is 0 Å². The van der Waals surface area contributed by atoms with Gasteiger partial charge in [-0.05, 0) is 57.0 Å². The second-order valence-electron chi connectivity index (χ2n) is 6.10. The largest absolute Gasteiger partial charge is 0.370 e. The van der Waals surface area contributed by atoms with Gasteiger partial charge in [-0.2, -0.15) is 0 Å². The lowest BCUT2D eigenvalue weighted by Crippen LogP contribution is -2.37. The Balaban J connectivity index is 1.87. The Kier molecular flexibility index (Phi) is 4.34. The number of hydrogen-bond acceptors (Lipinski definition) is 3. The molecule has 3 rings (SSSR count). The van der Waals surface area contributed by atoms with Crippen LogP contribution in [0.15, 0.2) is 22.7 Å². The van der Waals surface area contributed by atoms with Crippen LogP contribution in [0.4, 0.5) is 5.69 Å². The van der Waals surface area contributed by atoms with Gasteiger partial charge in [0.1, 0.15) is 0 Å². The Hall–Kier alpha value is -0.580. The van der Waals surface area contributed by atoms with E-state index in [0.29, 0.717) is 12.6 Å². The number of benzene rings is 1. The van der Waals surface area contributed by atoms with Crippen molar-refractivity contribution < 1.29 is 0 Å². The maximum atomic E-state index is 5.77. The molecule has 4 heteroatoms. The summed E-state index contributed by atoms with van der Waals surface area (Å²) in [6.45, 7) is 3.04. The highest BCUT2D eigenvalue weighted by atomic mass is 79.9. The van der Waals surface area contributed by atoms with Gasteiger partial charge >= 0.3 is 0 Å². The SMILES string of the molecule is CN1C2CCC1CN(c1cc(Br)ccc1CCN)CC2. The summed E-state index contributed by atoms with van der Waals surface area (Å²) in [7, 11) is 2.30. The number of likely N-dealkylation sites (N-methyl/N-ethyl adjacent to an activating group) is 1. The van der Waals surface area contributed by atoms with Crippen LogP contribution in [0.25, 0.3) is 0 Å². The molecule has 0 aliphatic carbocycles. The van der Waals surface area contributed by atoms with Gasteiger partial charge in [0.15, 0.2) is 0 Å². The zero-order chi connectivity index (χ0) is 14.1. The number of nitrogens with zero attached hydrogens (tertiary/aromatic N) is 2. The van der Waals surface area contributed by atoms with Gasteiger partial charge in [-0.15, -0.1) is 0 Å². The highest BCUT2D eigenvalue weighted by molar-refractivity contribution is 9.10. The zero-order valence-corrected chi connectivity index (χ0v) is 13.8. The van der Waals surface area contributed by atoms with Gasteiger partial charge < -0.3 is 10.6 Å². The summed E-state index contributed by atoms with van der Waals surface area (Å²) >= 11 is 3.62. The van der Waals surface area contributed by atoms with Crippen molar-refractivity contribution in [1.29, 1.82) is 0 Å². The van der Waals surface area contributed by atoms with Crippen LogP contribution in [0.5, 0.6) is 0 Å². The molecular formula is C16H24BrN3. The van der Waals surface area contributed by atoms with Crippen LogP contribution in [-0.2, 0) is 6.42 Å². The maximum absolute atomic E-state index is 5.77. The molecule has 0 radical (unpaired) electrons. The van der Waals surface area contributed by atoms with E-state index in [1.165, 1.54) is 37.1 Å². The summed E-state index contributed by atoms with van der Waals surface area (Å²) in [5.41, 5.74) is 8.54. The van der Waals surface area contributed by atoms with Crippen molar-refractivity contribution in [1.82, 2.24) is 4.90 Å². The van der Waals surface area contributed by atoms with Crippen LogP contribution >= 0.6 is 15.9 Å². The van der Waals surface area contributed by atoms with Crippen LogP contribution in [0.3, 0.4) is 0 Å². The standard InChI is InChI=1S/C16H24BrN3/c1-19-14-4-5-15(19)11-20(9-7-14)16-10-13(17)3-2-12(16)6-8-18/h2-3,10,14-15H,4-9,11,18H2,1H3. The van der Waals surface area contributed by atoms with E-state index in [1.807, 2.05) is 0 Å². The molecule has 3 nitrogen and oxygen atoms in total. The number of anilines is 1.